The molecule has 1 atom stereocenters. The van der Waals surface area contributed by atoms with Crippen LogP contribution >= 0.6 is 0 Å². The van der Waals surface area contributed by atoms with E-state index >= 15 is 0 Å². The summed E-state index contributed by atoms with van der Waals surface area (Å²) in [5.41, 5.74) is 5.71. The lowest BCUT2D eigenvalue weighted by molar-refractivity contribution is 0.174. The molecule has 12 heavy (non-hydrogen) atoms. The molecule has 0 saturated carbocycles. The molecule has 0 aliphatic rings. The summed E-state index contributed by atoms with van der Waals surface area (Å²) in [6, 6.07) is 0.229. The van der Waals surface area contributed by atoms with Crippen molar-refractivity contribution in [2.45, 2.75) is 46.6 Å². The van der Waals surface area contributed by atoms with E-state index in [2.05, 4.69) is 13.8 Å². The summed E-state index contributed by atoms with van der Waals surface area (Å²) in [5, 5.41) is 0. The fourth-order valence-electron chi connectivity index (χ4n) is 0.845. The van der Waals surface area contributed by atoms with Crippen LogP contribution in [0.25, 0.3) is 0 Å². The van der Waals surface area contributed by atoms with E-state index in [1.54, 1.807) is 7.11 Å². The first-order valence-corrected chi connectivity index (χ1v) is 4.91. The Balaban J connectivity index is -0.000000309. The zero-order valence-corrected chi connectivity index (χ0v) is 9.26. The predicted octanol–water partition coefficient (Wildman–Crippen LogP) is 2.67. The van der Waals surface area contributed by atoms with Crippen LogP contribution in [-0.2, 0) is 4.74 Å². The first kappa shape index (κ1) is 14.4. The Morgan fingerprint density at radius 2 is 1.75 bits per heavy atom. The minimum absolute atomic E-state index is 0. The lowest BCUT2D eigenvalue weighted by atomic mass is 10.0. The van der Waals surface area contributed by atoms with Crippen LogP contribution in [0.3, 0.4) is 0 Å². The van der Waals surface area contributed by atoms with Crippen LogP contribution in [-0.4, -0.2) is 19.8 Å². The van der Waals surface area contributed by atoms with E-state index in [0.29, 0.717) is 6.61 Å². The van der Waals surface area contributed by atoms with Crippen LogP contribution in [0.5, 0.6) is 0 Å². The average molecular weight is 177 g/mol. The zero-order chi connectivity index (χ0) is 9.98. The molecule has 2 N–H and O–H groups in total. The fourth-order valence-corrected chi connectivity index (χ4v) is 0.845. The summed E-state index contributed by atoms with van der Waals surface area (Å²) < 4.78 is 4.91. The number of rotatable bonds is 5. The number of hydrogen-bond acceptors (Lipinski definition) is 2. The molecule has 0 aromatic heterocycles. The maximum Gasteiger partial charge on any atom is 0.0613 e. The molecule has 2 heteroatoms. The second kappa shape index (κ2) is 10.9. The highest BCUT2D eigenvalue weighted by Crippen LogP contribution is 2.05. The van der Waals surface area contributed by atoms with Crippen LogP contribution < -0.4 is 5.73 Å². The first-order chi connectivity index (χ1) is 5.66. The van der Waals surface area contributed by atoms with Crippen molar-refractivity contribution in [2.75, 3.05) is 13.7 Å². The van der Waals surface area contributed by atoms with Crippen molar-refractivity contribution >= 4 is 0 Å². The molecule has 0 rings (SSSR count). The SMILES string of the molecule is CC.COC[C@@H](N)CCC(C)C.[HH]. The number of ether oxygens (including phenoxy) is 1. The van der Waals surface area contributed by atoms with Crippen molar-refractivity contribution < 1.29 is 6.16 Å². The summed E-state index contributed by atoms with van der Waals surface area (Å²) >= 11 is 0. The molecule has 0 radical (unpaired) electrons. The molecule has 0 aliphatic heterocycles. The largest absolute Gasteiger partial charge is 0.383 e. The van der Waals surface area contributed by atoms with Crippen molar-refractivity contribution in [3.8, 4) is 0 Å². The molecule has 0 aromatic rings. The van der Waals surface area contributed by atoms with Gasteiger partial charge in [0.05, 0.1) is 6.61 Å². The lowest BCUT2D eigenvalue weighted by Crippen LogP contribution is -2.25. The number of nitrogens with two attached hydrogens (primary N) is 1. The second-order valence-corrected chi connectivity index (χ2v) is 3.19. The first-order valence-electron chi connectivity index (χ1n) is 4.91. The Hall–Kier alpha value is -0.0800. The summed E-state index contributed by atoms with van der Waals surface area (Å²) in [7, 11) is 1.69. The van der Waals surface area contributed by atoms with E-state index in [1.165, 1.54) is 6.42 Å². The summed E-state index contributed by atoms with van der Waals surface area (Å²) in [5.74, 6) is 0.753. The Kier molecular flexibility index (Phi) is 13.1. The number of methoxy groups -OCH3 is 1. The van der Waals surface area contributed by atoms with Gasteiger partial charge in [-0.2, -0.15) is 0 Å². The Labute approximate surface area is 79.0 Å². The Bertz CT molecular complexity index is 79.3. The quantitative estimate of drug-likeness (QED) is 0.700. The fraction of sp³-hybridized carbons (Fsp3) is 1.00. The van der Waals surface area contributed by atoms with Crippen molar-refractivity contribution in [2.24, 2.45) is 11.7 Å². The highest BCUT2D eigenvalue weighted by atomic mass is 16.5. The normalized spacial score (nSPS) is 12.2. The zero-order valence-electron chi connectivity index (χ0n) is 9.26. The predicted molar refractivity (Wildman–Crippen MR) is 57.4 cm³/mol. The third-order valence-corrected chi connectivity index (χ3v) is 1.50. The molecule has 0 aromatic carbocycles. The van der Waals surface area contributed by atoms with Crippen molar-refractivity contribution in [1.82, 2.24) is 0 Å². The molecule has 0 unspecified atom stereocenters. The van der Waals surface area contributed by atoms with E-state index in [4.69, 9.17) is 10.5 Å². The average Bonchev–Trinajstić information content (AvgIpc) is 2.05. The van der Waals surface area contributed by atoms with Crippen LogP contribution in [0.4, 0.5) is 0 Å². The minimum atomic E-state index is 0. The number of hydrogen-bond donors (Lipinski definition) is 1. The highest BCUT2D eigenvalue weighted by molar-refractivity contribution is 4.60. The standard InChI is InChI=1S/C8H19NO.C2H6.H2/c1-7(2)4-5-8(9)6-10-3;1-2;/h7-8H,4-6,9H2,1-3H3;1-2H3;1H/t8-;;/m0../s1. The van der Waals surface area contributed by atoms with Gasteiger partial charge in [-0.05, 0) is 18.8 Å². The van der Waals surface area contributed by atoms with Gasteiger partial charge in [-0.3, -0.25) is 0 Å². The van der Waals surface area contributed by atoms with Crippen LogP contribution in [0, 0.1) is 5.92 Å². The van der Waals surface area contributed by atoms with Gasteiger partial charge in [0, 0.05) is 14.6 Å². The van der Waals surface area contributed by atoms with Crippen molar-refractivity contribution in [3.63, 3.8) is 0 Å². The van der Waals surface area contributed by atoms with Crippen molar-refractivity contribution in [3.05, 3.63) is 0 Å². The van der Waals surface area contributed by atoms with Gasteiger partial charge in [-0.25, -0.2) is 0 Å². The van der Waals surface area contributed by atoms with E-state index in [-0.39, 0.29) is 7.47 Å². The van der Waals surface area contributed by atoms with Gasteiger partial charge in [0.15, 0.2) is 0 Å². The Morgan fingerprint density at radius 1 is 1.25 bits per heavy atom. The lowest BCUT2D eigenvalue weighted by Gasteiger charge is -2.11. The van der Waals surface area contributed by atoms with Gasteiger partial charge in [0.1, 0.15) is 0 Å². The van der Waals surface area contributed by atoms with Gasteiger partial charge >= 0.3 is 0 Å². The van der Waals surface area contributed by atoms with Crippen molar-refractivity contribution in [1.29, 1.82) is 0 Å². The Morgan fingerprint density at radius 3 is 2.08 bits per heavy atom. The van der Waals surface area contributed by atoms with Gasteiger partial charge in [-0.15, -0.1) is 0 Å². The minimum Gasteiger partial charge on any atom is -0.383 e. The molecule has 0 saturated heterocycles. The van der Waals surface area contributed by atoms with E-state index < -0.39 is 0 Å². The topological polar surface area (TPSA) is 35.2 Å². The molecule has 0 bridgehead atoms. The van der Waals surface area contributed by atoms with Gasteiger partial charge in [0.2, 0.25) is 0 Å². The maximum absolute atomic E-state index is 5.71. The maximum atomic E-state index is 5.71. The van der Waals surface area contributed by atoms with Crippen LogP contribution in [0.15, 0.2) is 0 Å². The third-order valence-electron chi connectivity index (χ3n) is 1.50. The summed E-state index contributed by atoms with van der Waals surface area (Å²) in [6.45, 7) is 9.10. The molecule has 2 nitrogen and oxygen atoms in total. The van der Waals surface area contributed by atoms with Crippen LogP contribution in [0.2, 0.25) is 0 Å². The molecule has 0 fully saturated rings. The van der Waals surface area contributed by atoms with E-state index in [0.717, 1.165) is 12.3 Å². The molecule has 0 spiro atoms. The molecule has 78 valence electrons. The third kappa shape index (κ3) is 12.6. The molecule has 0 heterocycles. The summed E-state index contributed by atoms with van der Waals surface area (Å²) in [6.07, 6.45) is 2.27. The second-order valence-electron chi connectivity index (χ2n) is 3.19. The van der Waals surface area contributed by atoms with E-state index in [1.807, 2.05) is 13.8 Å². The van der Waals surface area contributed by atoms with Gasteiger partial charge in [-0.1, -0.05) is 27.7 Å². The molecular formula is C10H27NO. The summed E-state index contributed by atoms with van der Waals surface area (Å²) in [4.78, 5) is 0. The smallest absolute Gasteiger partial charge is 0.0613 e. The molecule has 0 amide bonds. The van der Waals surface area contributed by atoms with Gasteiger partial charge in [0.25, 0.3) is 0 Å². The highest BCUT2D eigenvalue weighted by Gasteiger charge is 2.02. The monoisotopic (exact) mass is 177 g/mol. The van der Waals surface area contributed by atoms with Gasteiger partial charge < -0.3 is 10.5 Å². The molecule has 0 aliphatic carbocycles. The molecular weight excluding hydrogens is 150 g/mol. The van der Waals surface area contributed by atoms with Crippen LogP contribution in [0.1, 0.15) is 42.0 Å². The van der Waals surface area contributed by atoms with E-state index in [9.17, 15) is 0 Å².